The molecular formula is C17H21ClFN. The van der Waals surface area contributed by atoms with Crippen molar-refractivity contribution in [2.24, 2.45) is 5.92 Å². The van der Waals surface area contributed by atoms with Crippen LogP contribution in [-0.2, 0) is 0 Å². The molecule has 1 nitrogen and oxygen atoms in total. The number of rotatable bonds is 4. The first-order chi connectivity index (χ1) is 9.65. The molecular weight excluding hydrogens is 273 g/mol. The van der Waals surface area contributed by atoms with Crippen molar-refractivity contribution in [3.63, 3.8) is 0 Å². The molecule has 0 amide bonds. The summed E-state index contributed by atoms with van der Waals surface area (Å²) < 4.78 is 13.8. The average molecular weight is 294 g/mol. The van der Waals surface area contributed by atoms with Crippen LogP contribution in [0.4, 0.5) is 4.39 Å². The Kier molecular flexibility index (Phi) is 5.43. The number of nitriles is 1. The van der Waals surface area contributed by atoms with Gasteiger partial charge in [-0.05, 0) is 55.2 Å². The van der Waals surface area contributed by atoms with E-state index in [1.807, 2.05) is 6.07 Å². The molecule has 0 radical (unpaired) electrons. The third-order valence-corrected chi connectivity index (χ3v) is 4.76. The SMILES string of the molecule is CCCCC1CCC(c2cc(F)c(C#N)c(Cl)c2)CC1. The van der Waals surface area contributed by atoms with E-state index in [-0.39, 0.29) is 10.6 Å². The Morgan fingerprint density at radius 3 is 2.55 bits per heavy atom. The molecule has 0 heterocycles. The molecule has 0 saturated heterocycles. The molecule has 0 atom stereocenters. The van der Waals surface area contributed by atoms with Gasteiger partial charge in [0, 0.05) is 0 Å². The summed E-state index contributed by atoms with van der Waals surface area (Å²) in [5.41, 5.74) is 0.924. The largest absolute Gasteiger partial charge is 0.205 e. The quantitative estimate of drug-likeness (QED) is 0.686. The Balaban J connectivity index is 2.02. The maximum Gasteiger partial charge on any atom is 0.142 e. The van der Waals surface area contributed by atoms with Crippen molar-refractivity contribution < 1.29 is 4.39 Å². The topological polar surface area (TPSA) is 23.8 Å². The van der Waals surface area contributed by atoms with Crippen LogP contribution < -0.4 is 0 Å². The van der Waals surface area contributed by atoms with Crippen LogP contribution in [0.5, 0.6) is 0 Å². The highest BCUT2D eigenvalue weighted by Crippen LogP contribution is 2.39. The molecule has 1 fully saturated rings. The van der Waals surface area contributed by atoms with E-state index in [2.05, 4.69) is 6.92 Å². The van der Waals surface area contributed by atoms with Crippen LogP contribution in [0.15, 0.2) is 12.1 Å². The summed E-state index contributed by atoms with van der Waals surface area (Å²) in [6, 6.07) is 5.10. The molecule has 0 aromatic heterocycles. The van der Waals surface area contributed by atoms with E-state index in [4.69, 9.17) is 16.9 Å². The number of unbranched alkanes of at least 4 members (excludes halogenated alkanes) is 1. The molecule has 1 aliphatic rings. The standard InChI is InChI=1S/C17H21ClFN/c1-2-3-4-12-5-7-13(8-6-12)14-9-16(18)15(11-20)17(19)10-14/h9-10,12-13H,2-8H2,1H3. The lowest BCUT2D eigenvalue weighted by atomic mass is 9.77. The second kappa shape index (κ2) is 7.09. The summed E-state index contributed by atoms with van der Waals surface area (Å²) in [7, 11) is 0. The first-order valence-electron chi connectivity index (χ1n) is 7.54. The highest BCUT2D eigenvalue weighted by molar-refractivity contribution is 6.31. The molecule has 20 heavy (non-hydrogen) atoms. The van der Waals surface area contributed by atoms with Gasteiger partial charge in [-0.15, -0.1) is 0 Å². The highest BCUT2D eigenvalue weighted by Gasteiger charge is 2.23. The van der Waals surface area contributed by atoms with E-state index < -0.39 is 5.82 Å². The number of benzene rings is 1. The van der Waals surface area contributed by atoms with Crippen molar-refractivity contribution in [3.8, 4) is 6.07 Å². The summed E-state index contributed by atoms with van der Waals surface area (Å²) >= 11 is 5.99. The number of hydrogen-bond donors (Lipinski definition) is 0. The van der Waals surface area contributed by atoms with Crippen LogP contribution in [0.1, 0.15) is 68.9 Å². The van der Waals surface area contributed by atoms with Gasteiger partial charge in [0.15, 0.2) is 0 Å². The summed E-state index contributed by atoms with van der Waals surface area (Å²) in [4.78, 5) is 0. The van der Waals surface area contributed by atoms with Crippen molar-refractivity contribution in [3.05, 3.63) is 34.1 Å². The van der Waals surface area contributed by atoms with Crippen LogP contribution in [-0.4, -0.2) is 0 Å². The fourth-order valence-corrected chi connectivity index (χ4v) is 3.47. The van der Waals surface area contributed by atoms with Crippen molar-refractivity contribution in [2.45, 2.75) is 57.8 Å². The average Bonchev–Trinajstić information content (AvgIpc) is 2.45. The Morgan fingerprint density at radius 2 is 2.00 bits per heavy atom. The molecule has 0 N–H and O–H groups in total. The number of nitrogens with zero attached hydrogens (tertiary/aromatic N) is 1. The van der Waals surface area contributed by atoms with Gasteiger partial charge in [0.1, 0.15) is 17.4 Å². The van der Waals surface area contributed by atoms with Gasteiger partial charge in [0.2, 0.25) is 0 Å². The lowest BCUT2D eigenvalue weighted by Crippen LogP contribution is -2.13. The lowest BCUT2D eigenvalue weighted by molar-refractivity contribution is 0.304. The fraction of sp³-hybridized carbons (Fsp3) is 0.588. The molecule has 1 aliphatic carbocycles. The van der Waals surface area contributed by atoms with Gasteiger partial charge in [-0.3, -0.25) is 0 Å². The van der Waals surface area contributed by atoms with E-state index in [1.165, 1.54) is 38.2 Å². The monoisotopic (exact) mass is 293 g/mol. The zero-order chi connectivity index (χ0) is 14.5. The zero-order valence-electron chi connectivity index (χ0n) is 12.0. The normalized spacial score (nSPS) is 22.5. The molecule has 2 rings (SSSR count). The van der Waals surface area contributed by atoms with Crippen LogP contribution >= 0.6 is 11.6 Å². The van der Waals surface area contributed by atoms with Gasteiger partial charge in [-0.2, -0.15) is 5.26 Å². The van der Waals surface area contributed by atoms with Gasteiger partial charge in [0.25, 0.3) is 0 Å². The maximum absolute atomic E-state index is 13.8. The van der Waals surface area contributed by atoms with Gasteiger partial charge >= 0.3 is 0 Å². The second-order valence-electron chi connectivity index (χ2n) is 5.83. The molecule has 108 valence electrons. The molecule has 1 saturated carbocycles. The molecule has 0 unspecified atom stereocenters. The first-order valence-corrected chi connectivity index (χ1v) is 7.92. The first kappa shape index (κ1) is 15.3. The third kappa shape index (κ3) is 3.52. The van der Waals surface area contributed by atoms with Crippen LogP contribution in [0.3, 0.4) is 0 Å². The van der Waals surface area contributed by atoms with Crippen molar-refractivity contribution >= 4 is 11.6 Å². The van der Waals surface area contributed by atoms with Crippen molar-refractivity contribution in [1.29, 1.82) is 5.26 Å². The van der Waals surface area contributed by atoms with E-state index in [1.54, 1.807) is 6.07 Å². The number of halogens is 2. The Bertz CT molecular complexity index is 475. The van der Waals surface area contributed by atoms with E-state index in [0.29, 0.717) is 5.92 Å². The summed E-state index contributed by atoms with van der Waals surface area (Å²) in [5, 5.41) is 9.09. The smallest absolute Gasteiger partial charge is 0.142 e. The van der Waals surface area contributed by atoms with Crippen molar-refractivity contribution in [2.75, 3.05) is 0 Å². The van der Waals surface area contributed by atoms with Gasteiger partial charge in [-0.1, -0.05) is 37.8 Å². The predicted molar refractivity (Wildman–Crippen MR) is 80.3 cm³/mol. The highest BCUT2D eigenvalue weighted by atomic mass is 35.5. The number of hydrogen-bond acceptors (Lipinski definition) is 1. The molecule has 0 aliphatic heterocycles. The summed E-state index contributed by atoms with van der Waals surface area (Å²) in [6.07, 6.45) is 8.56. The van der Waals surface area contributed by atoms with Crippen LogP contribution in [0.25, 0.3) is 0 Å². The lowest BCUT2D eigenvalue weighted by Gasteiger charge is -2.29. The Morgan fingerprint density at radius 1 is 1.30 bits per heavy atom. The third-order valence-electron chi connectivity index (χ3n) is 4.46. The minimum Gasteiger partial charge on any atom is -0.205 e. The zero-order valence-corrected chi connectivity index (χ0v) is 12.7. The van der Waals surface area contributed by atoms with Gasteiger partial charge in [0.05, 0.1) is 5.02 Å². The van der Waals surface area contributed by atoms with Gasteiger partial charge < -0.3 is 0 Å². The minimum absolute atomic E-state index is 0.0351. The molecule has 0 bridgehead atoms. The van der Waals surface area contributed by atoms with Crippen LogP contribution in [0, 0.1) is 23.1 Å². The van der Waals surface area contributed by atoms with Crippen molar-refractivity contribution in [1.82, 2.24) is 0 Å². The Hall–Kier alpha value is -1.07. The summed E-state index contributed by atoms with van der Waals surface area (Å²) in [6.45, 7) is 2.23. The fourth-order valence-electron chi connectivity index (χ4n) is 3.21. The van der Waals surface area contributed by atoms with E-state index in [9.17, 15) is 4.39 Å². The van der Waals surface area contributed by atoms with Gasteiger partial charge in [-0.25, -0.2) is 4.39 Å². The molecule has 1 aromatic rings. The maximum atomic E-state index is 13.8. The molecule has 0 spiro atoms. The molecule has 3 heteroatoms. The van der Waals surface area contributed by atoms with Crippen LogP contribution in [0.2, 0.25) is 5.02 Å². The van der Waals surface area contributed by atoms with E-state index in [0.717, 1.165) is 24.3 Å². The molecule has 1 aromatic carbocycles. The Labute approximate surface area is 125 Å². The second-order valence-corrected chi connectivity index (χ2v) is 6.24. The predicted octanol–water partition coefficient (Wildman–Crippen LogP) is 5.81. The minimum atomic E-state index is -0.483. The summed E-state index contributed by atoms with van der Waals surface area (Å²) in [5.74, 6) is 0.751. The van der Waals surface area contributed by atoms with E-state index >= 15 is 0 Å².